The molecule has 190 valence electrons. The van der Waals surface area contributed by atoms with Gasteiger partial charge in [0, 0.05) is 29.7 Å². The lowest BCUT2D eigenvalue weighted by Crippen LogP contribution is -2.51. The molecule has 0 heterocycles. The Morgan fingerprint density at radius 2 is 1.64 bits per heavy atom. The fourth-order valence-corrected chi connectivity index (χ4v) is 5.34. The van der Waals surface area contributed by atoms with E-state index < -0.39 is 6.04 Å². The topological polar surface area (TPSA) is 49.4 Å². The summed E-state index contributed by atoms with van der Waals surface area (Å²) in [6, 6.07) is 25.5. The molecule has 0 unspecified atom stereocenters. The van der Waals surface area contributed by atoms with Gasteiger partial charge in [-0.2, -0.15) is 0 Å². The van der Waals surface area contributed by atoms with E-state index in [0.29, 0.717) is 31.2 Å². The van der Waals surface area contributed by atoms with Crippen LogP contribution in [0.5, 0.6) is 0 Å². The number of carbonyl (C=O) groups excluding carboxylic acids is 2. The molecule has 0 radical (unpaired) electrons. The van der Waals surface area contributed by atoms with Crippen molar-refractivity contribution in [2.75, 3.05) is 12.3 Å². The molecular formula is C30H35BrN2O2S. The Bertz CT molecular complexity index is 1140. The molecule has 0 aliphatic rings. The van der Waals surface area contributed by atoms with Gasteiger partial charge in [0.25, 0.3) is 0 Å². The molecule has 0 aromatic heterocycles. The van der Waals surface area contributed by atoms with Gasteiger partial charge in [0.15, 0.2) is 0 Å². The van der Waals surface area contributed by atoms with Crippen molar-refractivity contribution in [3.8, 4) is 0 Å². The Morgan fingerprint density at radius 3 is 2.33 bits per heavy atom. The zero-order valence-corrected chi connectivity index (χ0v) is 23.6. The summed E-state index contributed by atoms with van der Waals surface area (Å²) in [7, 11) is 0. The summed E-state index contributed by atoms with van der Waals surface area (Å²) >= 11 is 5.13. The Hall–Kier alpha value is -2.57. The maximum absolute atomic E-state index is 13.7. The van der Waals surface area contributed by atoms with Crippen LogP contribution in [0.1, 0.15) is 36.1 Å². The second-order valence-corrected chi connectivity index (χ2v) is 11.3. The lowest BCUT2D eigenvalue weighted by Gasteiger charge is -2.32. The van der Waals surface area contributed by atoms with E-state index in [0.717, 1.165) is 21.4 Å². The van der Waals surface area contributed by atoms with Crippen molar-refractivity contribution in [1.29, 1.82) is 0 Å². The second-order valence-electron chi connectivity index (χ2n) is 9.42. The highest BCUT2D eigenvalue weighted by atomic mass is 79.9. The lowest BCUT2D eigenvalue weighted by atomic mass is 10.0. The molecular weight excluding hydrogens is 532 g/mol. The molecule has 0 saturated heterocycles. The molecule has 0 fully saturated rings. The molecule has 1 atom stereocenters. The predicted octanol–water partition coefficient (Wildman–Crippen LogP) is 6.40. The number of aryl methyl sites for hydroxylation is 1. The van der Waals surface area contributed by atoms with Crippen LogP contribution in [0.15, 0.2) is 83.3 Å². The Morgan fingerprint density at radius 1 is 0.944 bits per heavy atom. The van der Waals surface area contributed by atoms with E-state index in [1.54, 1.807) is 16.7 Å². The van der Waals surface area contributed by atoms with Gasteiger partial charge in [-0.1, -0.05) is 96.5 Å². The Balaban J connectivity index is 1.85. The minimum Gasteiger partial charge on any atom is -0.354 e. The first-order valence-electron chi connectivity index (χ1n) is 12.3. The van der Waals surface area contributed by atoms with Crippen LogP contribution in [-0.2, 0) is 28.3 Å². The van der Waals surface area contributed by atoms with Gasteiger partial charge >= 0.3 is 0 Å². The third kappa shape index (κ3) is 8.82. The number of halogens is 1. The predicted molar refractivity (Wildman–Crippen MR) is 154 cm³/mol. The molecule has 3 rings (SSSR count). The first kappa shape index (κ1) is 28.0. The van der Waals surface area contributed by atoms with Crippen LogP contribution in [0.2, 0.25) is 0 Å². The third-order valence-electron chi connectivity index (χ3n) is 5.94. The van der Waals surface area contributed by atoms with Crippen LogP contribution in [0.25, 0.3) is 0 Å². The lowest BCUT2D eigenvalue weighted by molar-refractivity contribution is -0.139. The van der Waals surface area contributed by atoms with Gasteiger partial charge in [0.1, 0.15) is 6.04 Å². The average molecular weight is 568 g/mol. The molecule has 2 amide bonds. The number of amides is 2. The number of carbonyl (C=O) groups is 2. The summed E-state index contributed by atoms with van der Waals surface area (Å²) in [5.74, 6) is 1.25. The van der Waals surface area contributed by atoms with Gasteiger partial charge in [-0.15, -0.1) is 11.8 Å². The van der Waals surface area contributed by atoms with E-state index >= 15 is 0 Å². The highest BCUT2D eigenvalue weighted by Crippen LogP contribution is 2.21. The van der Waals surface area contributed by atoms with E-state index in [2.05, 4.69) is 54.2 Å². The van der Waals surface area contributed by atoms with Gasteiger partial charge in [-0.05, 0) is 47.2 Å². The van der Waals surface area contributed by atoms with E-state index in [1.807, 2.05) is 66.7 Å². The SMILES string of the molecule is Cc1ccccc1CSCC(=O)N(Cc1cccc(Br)c1)[C@@H](Cc1ccccc1)C(=O)NCC(C)C. The van der Waals surface area contributed by atoms with Crippen LogP contribution in [0, 0.1) is 12.8 Å². The largest absolute Gasteiger partial charge is 0.354 e. The zero-order valence-electron chi connectivity index (χ0n) is 21.2. The highest BCUT2D eigenvalue weighted by molar-refractivity contribution is 9.10. The standard InChI is InChI=1S/C30H35BrN2O2S/c1-22(2)18-32-30(35)28(17-24-11-5-4-6-12-24)33(19-25-13-9-15-27(31)16-25)29(34)21-36-20-26-14-8-7-10-23(26)3/h4-16,22,28H,17-21H2,1-3H3,(H,32,35)/t28-/m0/s1. The van der Waals surface area contributed by atoms with Crippen molar-refractivity contribution < 1.29 is 9.59 Å². The number of benzene rings is 3. The number of hydrogen-bond acceptors (Lipinski definition) is 3. The third-order valence-corrected chi connectivity index (χ3v) is 7.40. The quantitative estimate of drug-likeness (QED) is 0.276. The molecule has 36 heavy (non-hydrogen) atoms. The summed E-state index contributed by atoms with van der Waals surface area (Å²) < 4.78 is 0.949. The van der Waals surface area contributed by atoms with Crippen molar-refractivity contribution in [3.63, 3.8) is 0 Å². The minimum atomic E-state index is -0.600. The van der Waals surface area contributed by atoms with Gasteiger partial charge in [0.05, 0.1) is 5.75 Å². The summed E-state index contributed by atoms with van der Waals surface area (Å²) in [5, 5.41) is 3.08. The van der Waals surface area contributed by atoms with Crippen molar-refractivity contribution >= 4 is 39.5 Å². The maximum atomic E-state index is 13.7. The van der Waals surface area contributed by atoms with Crippen LogP contribution < -0.4 is 5.32 Å². The summed E-state index contributed by atoms with van der Waals surface area (Å²) in [5.41, 5.74) is 4.46. The minimum absolute atomic E-state index is 0.0332. The van der Waals surface area contributed by atoms with Crippen molar-refractivity contribution in [2.24, 2.45) is 5.92 Å². The fraction of sp³-hybridized carbons (Fsp3) is 0.333. The molecule has 6 heteroatoms. The number of nitrogens with one attached hydrogen (secondary N) is 1. The van der Waals surface area contributed by atoms with E-state index in [-0.39, 0.29) is 11.8 Å². The smallest absolute Gasteiger partial charge is 0.243 e. The van der Waals surface area contributed by atoms with Gasteiger partial charge in [0.2, 0.25) is 11.8 Å². The normalized spacial score (nSPS) is 11.8. The molecule has 0 bridgehead atoms. The van der Waals surface area contributed by atoms with Crippen LogP contribution in [0.4, 0.5) is 0 Å². The molecule has 3 aromatic rings. The Labute approximate surface area is 228 Å². The molecule has 0 aliphatic heterocycles. The van der Waals surface area contributed by atoms with Crippen molar-refractivity contribution in [1.82, 2.24) is 10.2 Å². The first-order chi connectivity index (χ1) is 17.3. The van der Waals surface area contributed by atoms with Crippen LogP contribution >= 0.6 is 27.7 Å². The Kier molecular flexibility index (Phi) is 11.1. The molecule has 0 spiro atoms. The molecule has 0 saturated carbocycles. The molecule has 0 aliphatic carbocycles. The summed E-state index contributed by atoms with van der Waals surface area (Å²) in [6.45, 7) is 7.17. The van der Waals surface area contributed by atoms with E-state index in [9.17, 15) is 9.59 Å². The van der Waals surface area contributed by atoms with Crippen molar-refractivity contribution in [3.05, 3.63) is 106 Å². The molecule has 1 N–H and O–H groups in total. The molecule has 4 nitrogen and oxygen atoms in total. The number of thioether (sulfide) groups is 1. The average Bonchev–Trinajstić information content (AvgIpc) is 2.86. The fourth-order valence-electron chi connectivity index (χ4n) is 3.91. The second kappa shape index (κ2) is 14.2. The summed E-state index contributed by atoms with van der Waals surface area (Å²) in [4.78, 5) is 28.9. The van der Waals surface area contributed by atoms with Crippen LogP contribution in [0.3, 0.4) is 0 Å². The van der Waals surface area contributed by atoms with Gasteiger partial charge in [-0.3, -0.25) is 9.59 Å². The van der Waals surface area contributed by atoms with Crippen molar-refractivity contribution in [2.45, 2.75) is 45.5 Å². The number of rotatable bonds is 12. The number of nitrogens with zero attached hydrogens (tertiary/aromatic N) is 1. The van der Waals surface area contributed by atoms with Gasteiger partial charge < -0.3 is 10.2 Å². The summed E-state index contributed by atoms with van der Waals surface area (Å²) in [6.07, 6.45) is 0.465. The monoisotopic (exact) mass is 566 g/mol. The first-order valence-corrected chi connectivity index (χ1v) is 14.3. The molecule has 3 aromatic carbocycles. The van der Waals surface area contributed by atoms with Crippen LogP contribution in [-0.4, -0.2) is 35.1 Å². The highest BCUT2D eigenvalue weighted by Gasteiger charge is 2.30. The number of hydrogen-bond donors (Lipinski definition) is 1. The van der Waals surface area contributed by atoms with Gasteiger partial charge in [-0.25, -0.2) is 0 Å². The van der Waals surface area contributed by atoms with E-state index in [1.165, 1.54) is 11.1 Å². The zero-order chi connectivity index (χ0) is 25.9. The van der Waals surface area contributed by atoms with E-state index in [4.69, 9.17) is 0 Å². The maximum Gasteiger partial charge on any atom is 0.243 e.